The van der Waals surface area contributed by atoms with Gasteiger partial charge in [-0.1, -0.05) is 18.2 Å². The van der Waals surface area contributed by atoms with Crippen molar-refractivity contribution in [3.8, 4) is 5.75 Å². The number of rotatable bonds is 7. The molecule has 3 rings (SSSR count). The van der Waals surface area contributed by atoms with Gasteiger partial charge in [0.05, 0.1) is 12.6 Å². The van der Waals surface area contributed by atoms with Gasteiger partial charge in [0.1, 0.15) is 5.75 Å². The minimum absolute atomic E-state index is 0.104. The molecule has 0 spiro atoms. The van der Waals surface area contributed by atoms with Gasteiger partial charge in [-0.2, -0.15) is 0 Å². The first-order valence-corrected chi connectivity index (χ1v) is 9.86. The highest BCUT2D eigenvalue weighted by Gasteiger charge is 2.19. The van der Waals surface area contributed by atoms with Gasteiger partial charge in [0.25, 0.3) is 0 Å². The number of thiophene rings is 1. The van der Waals surface area contributed by atoms with Crippen molar-refractivity contribution in [1.29, 1.82) is 0 Å². The Morgan fingerprint density at radius 3 is 2.59 bits per heavy atom. The van der Waals surface area contributed by atoms with E-state index in [1.165, 1.54) is 15.6 Å². The number of hydrogen-bond acceptors (Lipinski definition) is 4. The van der Waals surface area contributed by atoms with Crippen LogP contribution in [0, 0.1) is 0 Å². The molecule has 2 aromatic carbocycles. The van der Waals surface area contributed by atoms with Gasteiger partial charge in [0.15, 0.2) is 0 Å². The number of nitrogens with one attached hydrogen (secondary N) is 2. The predicted molar refractivity (Wildman–Crippen MR) is 113 cm³/mol. The molecule has 1 aromatic heterocycles. The second-order valence-corrected chi connectivity index (χ2v) is 7.37. The largest absolute Gasteiger partial charge is 0.494 e. The maximum Gasteiger partial charge on any atom is 0.319 e. The van der Waals surface area contributed by atoms with E-state index in [-0.39, 0.29) is 12.1 Å². The molecule has 3 aromatic rings. The maximum absolute atomic E-state index is 12.3. The Morgan fingerprint density at radius 1 is 1.15 bits per heavy atom. The molecule has 0 fully saturated rings. The third kappa shape index (κ3) is 4.78. The maximum atomic E-state index is 12.3. The first kappa shape index (κ1) is 19.2. The number of amides is 2. The van der Waals surface area contributed by atoms with E-state index >= 15 is 0 Å². The van der Waals surface area contributed by atoms with E-state index in [0.29, 0.717) is 13.2 Å². The zero-order valence-corrected chi connectivity index (χ0v) is 16.7. The number of carbonyl (C=O) groups excluding carboxylic acids is 1. The van der Waals surface area contributed by atoms with Gasteiger partial charge in [-0.05, 0) is 67.7 Å². The summed E-state index contributed by atoms with van der Waals surface area (Å²) in [4.78, 5) is 14.4. The number of hydrogen-bond donors (Lipinski definition) is 2. The lowest BCUT2D eigenvalue weighted by molar-refractivity contribution is 0.243. The topological polar surface area (TPSA) is 53.6 Å². The fourth-order valence-corrected chi connectivity index (χ4v) is 4.00. The average molecular weight is 384 g/mol. The third-order valence-electron chi connectivity index (χ3n) is 4.37. The molecule has 142 valence electrons. The Bertz CT molecular complexity index is 890. The van der Waals surface area contributed by atoms with Crippen LogP contribution in [0.25, 0.3) is 10.1 Å². The summed E-state index contributed by atoms with van der Waals surface area (Å²) in [6.07, 6.45) is 0. The second kappa shape index (κ2) is 8.88. The number of ether oxygens (including phenoxy) is 1. The summed E-state index contributed by atoms with van der Waals surface area (Å²) in [5.74, 6) is 0.792. The minimum atomic E-state index is -0.217. The number of carbonyl (C=O) groups is 1. The normalized spacial score (nSPS) is 12.1. The lowest BCUT2D eigenvalue weighted by atomic mass is 10.0. The van der Waals surface area contributed by atoms with E-state index in [2.05, 4.69) is 45.2 Å². The van der Waals surface area contributed by atoms with Crippen LogP contribution in [0.1, 0.15) is 18.5 Å². The van der Waals surface area contributed by atoms with Crippen molar-refractivity contribution in [2.75, 3.05) is 32.6 Å². The second-order valence-electron chi connectivity index (χ2n) is 6.46. The first-order chi connectivity index (χ1) is 13.1. The van der Waals surface area contributed by atoms with Gasteiger partial charge in [-0.3, -0.25) is 0 Å². The molecular formula is C21H25N3O2S. The van der Waals surface area contributed by atoms with Gasteiger partial charge in [-0.25, -0.2) is 4.79 Å². The van der Waals surface area contributed by atoms with Gasteiger partial charge < -0.3 is 20.3 Å². The summed E-state index contributed by atoms with van der Waals surface area (Å²) in [5.41, 5.74) is 1.97. The molecular weight excluding hydrogens is 358 g/mol. The lowest BCUT2D eigenvalue weighted by Gasteiger charge is -2.24. The zero-order chi connectivity index (χ0) is 19.2. The molecule has 0 radical (unpaired) electrons. The Balaban J connectivity index is 1.63. The monoisotopic (exact) mass is 383 g/mol. The van der Waals surface area contributed by atoms with E-state index in [1.807, 2.05) is 45.3 Å². The minimum Gasteiger partial charge on any atom is -0.494 e. The molecule has 0 aliphatic heterocycles. The highest BCUT2D eigenvalue weighted by atomic mass is 32.1. The number of benzene rings is 2. The fraction of sp³-hybridized carbons (Fsp3) is 0.286. The van der Waals surface area contributed by atoms with Crippen molar-refractivity contribution < 1.29 is 9.53 Å². The van der Waals surface area contributed by atoms with Gasteiger partial charge in [0, 0.05) is 16.9 Å². The van der Waals surface area contributed by atoms with Crippen LogP contribution in [0.4, 0.5) is 10.5 Å². The summed E-state index contributed by atoms with van der Waals surface area (Å²) in [6.45, 7) is 3.09. The van der Waals surface area contributed by atoms with Crippen molar-refractivity contribution in [2.24, 2.45) is 0 Å². The zero-order valence-electron chi connectivity index (χ0n) is 15.9. The molecule has 1 atom stereocenters. The van der Waals surface area contributed by atoms with Crippen LogP contribution in [0.2, 0.25) is 0 Å². The molecule has 6 heteroatoms. The molecule has 0 bridgehead atoms. The molecule has 5 nitrogen and oxygen atoms in total. The van der Waals surface area contributed by atoms with Crippen molar-refractivity contribution in [1.82, 2.24) is 10.2 Å². The summed E-state index contributed by atoms with van der Waals surface area (Å²) in [5, 5.41) is 9.28. The number of nitrogens with zero attached hydrogens (tertiary/aromatic N) is 1. The van der Waals surface area contributed by atoms with Crippen LogP contribution in [0.5, 0.6) is 5.75 Å². The summed E-state index contributed by atoms with van der Waals surface area (Å²) < 4.78 is 6.68. The SMILES string of the molecule is CCOc1ccc(NC(=O)NC[C@@H](c2csc3ccccc23)N(C)C)cc1. The van der Waals surface area contributed by atoms with Crippen LogP contribution in [-0.4, -0.2) is 38.2 Å². The molecule has 0 saturated heterocycles. The molecule has 2 N–H and O–H groups in total. The first-order valence-electron chi connectivity index (χ1n) is 8.98. The van der Waals surface area contributed by atoms with Crippen molar-refractivity contribution in [3.63, 3.8) is 0 Å². The lowest BCUT2D eigenvalue weighted by Crippen LogP contribution is -2.36. The van der Waals surface area contributed by atoms with Crippen molar-refractivity contribution in [2.45, 2.75) is 13.0 Å². The van der Waals surface area contributed by atoms with Gasteiger partial charge in [0.2, 0.25) is 0 Å². The highest BCUT2D eigenvalue weighted by Crippen LogP contribution is 2.32. The van der Waals surface area contributed by atoms with E-state index in [4.69, 9.17) is 4.74 Å². The van der Waals surface area contributed by atoms with Crippen LogP contribution in [-0.2, 0) is 0 Å². The van der Waals surface area contributed by atoms with E-state index in [1.54, 1.807) is 11.3 Å². The highest BCUT2D eigenvalue weighted by molar-refractivity contribution is 7.17. The smallest absolute Gasteiger partial charge is 0.319 e. The molecule has 0 unspecified atom stereocenters. The standard InChI is InChI=1S/C21H25N3O2S/c1-4-26-16-11-9-15(10-12-16)23-21(25)22-13-19(24(2)3)18-14-27-20-8-6-5-7-17(18)20/h5-12,14,19H,4,13H2,1-3H3,(H2,22,23,25)/t19-/m0/s1. The van der Waals surface area contributed by atoms with Crippen molar-refractivity contribution in [3.05, 3.63) is 59.5 Å². The van der Waals surface area contributed by atoms with Crippen LogP contribution in [0.15, 0.2) is 53.9 Å². The average Bonchev–Trinajstić information content (AvgIpc) is 3.07. The van der Waals surface area contributed by atoms with E-state index in [9.17, 15) is 4.79 Å². The van der Waals surface area contributed by atoms with Crippen LogP contribution in [0.3, 0.4) is 0 Å². The van der Waals surface area contributed by atoms with E-state index in [0.717, 1.165) is 11.4 Å². The molecule has 0 saturated carbocycles. The van der Waals surface area contributed by atoms with Gasteiger partial charge >= 0.3 is 6.03 Å². The molecule has 27 heavy (non-hydrogen) atoms. The number of likely N-dealkylation sites (N-methyl/N-ethyl adjacent to an activating group) is 1. The van der Waals surface area contributed by atoms with Crippen LogP contribution < -0.4 is 15.4 Å². The predicted octanol–water partition coefficient (Wildman–Crippen LogP) is 4.72. The molecule has 2 amide bonds. The summed E-state index contributed by atoms with van der Waals surface area (Å²) >= 11 is 1.73. The van der Waals surface area contributed by atoms with Gasteiger partial charge in [-0.15, -0.1) is 11.3 Å². The number of anilines is 1. The quantitative estimate of drug-likeness (QED) is 0.620. The van der Waals surface area contributed by atoms with Crippen molar-refractivity contribution >= 4 is 33.1 Å². The fourth-order valence-electron chi connectivity index (χ4n) is 2.99. The Hall–Kier alpha value is -2.57. The summed E-state index contributed by atoms with van der Waals surface area (Å²) in [6, 6.07) is 15.6. The molecule has 1 heterocycles. The Labute approximate surface area is 163 Å². The third-order valence-corrected chi connectivity index (χ3v) is 5.35. The number of fused-ring (bicyclic) bond motifs is 1. The van der Waals surface area contributed by atoms with E-state index < -0.39 is 0 Å². The Kier molecular flexibility index (Phi) is 6.32. The number of urea groups is 1. The molecule has 0 aliphatic rings. The Morgan fingerprint density at radius 2 is 1.89 bits per heavy atom. The summed E-state index contributed by atoms with van der Waals surface area (Å²) in [7, 11) is 4.06. The molecule has 0 aliphatic carbocycles. The van der Waals surface area contributed by atoms with Crippen LogP contribution >= 0.6 is 11.3 Å².